The van der Waals surface area contributed by atoms with Crippen molar-refractivity contribution in [3.63, 3.8) is 0 Å². The van der Waals surface area contributed by atoms with E-state index < -0.39 is 26.8 Å². The topological polar surface area (TPSA) is 92.4 Å². The van der Waals surface area contributed by atoms with Crippen LogP contribution in [0.3, 0.4) is 0 Å². The molecule has 0 bridgehead atoms. The molecule has 0 radical (unpaired) electrons. The second-order valence-electron chi connectivity index (χ2n) is 3.60. The van der Waals surface area contributed by atoms with Crippen molar-refractivity contribution >= 4 is 43.2 Å². The molecule has 0 spiro atoms. The van der Waals surface area contributed by atoms with Crippen molar-refractivity contribution in [1.29, 1.82) is 0 Å². The van der Waals surface area contributed by atoms with Gasteiger partial charge in [-0.2, -0.15) is 0 Å². The first-order chi connectivity index (χ1) is 8.16. The van der Waals surface area contributed by atoms with E-state index in [1.807, 2.05) is 4.72 Å². The Labute approximate surface area is 117 Å². The molecule has 0 fully saturated rings. The predicted molar refractivity (Wildman–Crippen MR) is 70.4 cm³/mol. The Morgan fingerprint density at radius 2 is 2.22 bits per heavy atom. The molecule has 4 N–H and O–H groups in total. The lowest BCUT2D eigenvalue weighted by Gasteiger charge is -2.12. The molecule has 1 aromatic rings. The van der Waals surface area contributed by atoms with Crippen LogP contribution in [0.4, 0.5) is 10.1 Å². The maximum Gasteiger partial charge on any atom is 0.243 e. The Morgan fingerprint density at radius 3 is 2.72 bits per heavy atom. The van der Waals surface area contributed by atoms with Crippen LogP contribution >= 0.6 is 27.5 Å². The summed E-state index contributed by atoms with van der Waals surface area (Å²) < 4.78 is 39.5. The molecule has 0 aliphatic carbocycles. The Hall–Kier alpha value is -0.410. The summed E-state index contributed by atoms with van der Waals surface area (Å²) in [5.41, 5.74) is 5.00. The van der Waals surface area contributed by atoms with Crippen molar-refractivity contribution in [3.8, 4) is 0 Å². The van der Waals surface area contributed by atoms with E-state index in [1.165, 1.54) is 6.92 Å². The summed E-state index contributed by atoms with van der Waals surface area (Å²) in [5.74, 6) is -1.09. The molecule has 0 saturated heterocycles. The predicted octanol–water partition coefficient (Wildman–Crippen LogP) is 1.48. The van der Waals surface area contributed by atoms with Gasteiger partial charge in [-0.3, -0.25) is 0 Å². The van der Waals surface area contributed by atoms with Gasteiger partial charge in [0.2, 0.25) is 10.0 Å². The summed E-state index contributed by atoms with van der Waals surface area (Å²) >= 11 is 8.67. The molecule has 102 valence electrons. The molecular formula is C9H11BrClFN2O3S. The maximum absolute atomic E-state index is 13.8. The van der Waals surface area contributed by atoms with E-state index in [0.717, 1.165) is 6.07 Å². The molecule has 0 aliphatic heterocycles. The fourth-order valence-electron chi connectivity index (χ4n) is 1.10. The standard InChI is InChI=1S/C9H11BrClFN2O3S/c1-4(15)3-14-18(16,17)6-2-5(11)7(10)9(13)8(6)12/h2,4,14-15H,3,13H2,1H3. The second-order valence-corrected chi connectivity index (χ2v) is 6.53. The van der Waals surface area contributed by atoms with Gasteiger partial charge in [0.15, 0.2) is 5.82 Å². The van der Waals surface area contributed by atoms with E-state index in [0.29, 0.717) is 0 Å². The SMILES string of the molecule is CC(O)CNS(=O)(=O)c1cc(Cl)c(Br)c(N)c1F. The monoisotopic (exact) mass is 360 g/mol. The van der Waals surface area contributed by atoms with Gasteiger partial charge in [0.05, 0.1) is 21.3 Å². The van der Waals surface area contributed by atoms with Crippen molar-refractivity contribution in [2.24, 2.45) is 0 Å². The minimum absolute atomic E-state index is 0.0219. The number of nitrogens with one attached hydrogen (secondary N) is 1. The molecule has 0 heterocycles. The highest BCUT2D eigenvalue weighted by molar-refractivity contribution is 9.10. The molecule has 0 amide bonds. The Morgan fingerprint density at radius 1 is 1.67 bits per heavy atom. The highest BCUT2D eigenvalue weighted by Gasteiger charge is 2.24. The highest BCUT2D eigenvalue weighted by atomic mass is 79.9. The van der Waals surface area contributed by atoms with Crippen molar-refractivity contribution in [3.05, 3.63) is 21.4 Å². The summed E-state index contributed by atoms with van der Waals surface area (Å²) in [6, 6.07) is 0.946. The van der Waals surface area contributed by atoms with Gasteiger partial charge in [-0.25, -0.2) is 17.5 Å². The molecule has 1 atom stereocenters. The molecule has 0 saturated carbocycles. The molecule has 18 heavy (non-hydrogen) atoms. The Bertz CT molecular complexity index is 565. The van der Waals surface area contributed by atoms with Crippen LogP contribution in [-0.2, 0) is 10.0 Å². The van der Waals surface area contributed by atoms with Crippen LogP contribution in [0.1, 0.15) is 6.92 Å². The fraction of sp³-hybridized carbons (Fsp3) is 0.333. The van der Waals surface area contributed by atoms with Crippen LogP contribution < -0.4 is 10.5 Å². The third kappa shape index (κ3) is 3.33. The van der Waals surface area contributed by atoms with Gasteiger partial charge < -0.3 is 10.8 Å². The van der Waals surface area contributed by atoms with Gasteiger partial charge in [-0.05, 0) is 28.9 Å². The molecule has 1 rings (SSSR count). The van der Waals surface area contributed by atoms with E-state index >= 15 is 0 Å². The molecule has 0 aromatic heterocycles. The molecule has 0 aliphatic rings. The lowest BCUT2D eigenvalue weighted by Crippen LogP contribution is -2.31. The quantitative estimate of drug-likeness (QED) is 0.559. The zero-order valence-electron chi connectivity index (χ0n) is 9.25. The minimum Gasteiger partial charge on any atom is -0.395 e. The van der Waals surface area contributed by atoms with E-state index in [4.69, 9.17) is 22.4 Å². The third-order valence-corrected chi connectivity index (χ3v) is 4.82. The average Bonchev–Trinajstić information content (AvgIpc) is 2.28. The van der Waals surface area contributed by atoms with E-state index in [2.05, 4.69) is 15.9 Å². The first-order valence-corrected chi connectivity index (χ1v) is 7.43. The minimum atomic E-state index is -4.12. The molecule has 1 unspecified atom stereocenters. The van der Waals surface area contributed by atoms with Crippen molar-refractivity contribution < 1.29 is 17.9 Å². The lowest BCUT2D eigenvalue weighted by molar-refractivity contribution is 0.198. The number of hydrogen-bond acceptors (Lipinski definition) is 4. The van der Waals surface area contributed by atoms with Gasteiger partial charge in [-0.1, -0.05) is 11.6 Å². The molecular weight excluding hydrogens is 351 g/mol. The van der Waals surface area contributed by atoms with E-state index in [1.54, 1.807) is 0 Å². The first kappa shape index (κ1) is 15.6. The number of halogens is 3. The largest absolute Gasteiger partial charge is 0.395 e. The number of aliphatic hydroxyl groups excluding tert-OH is 1. The zero-order chi connectivity index (χ0) is 14.1. The molecule has 5 nitrogen and oxygen atoms in total. The van der Waals surface area contributed by atoms with Crippen molar-refractivity contribution in [1.82, 2.24) is 4.72 Å². The van der Waals surface area contributed by atoms with Crippen molar-refractivity contribution in [2.45, 2.75) is 17.9 Å². The summed E-state index contributed by atoms with van der Waals surface area (Å²) in [7, 11) is -4.12. The summed E-state index contributed by atoms with van der Waals surface area (Å²) in [4.78, 5) is -0.658. The smallest absolute Gasteiger partial charge is 0.243 e. The number of nitrogen functional groups attached to an aromatic ring is 1. The first-order valence-electron chi connectivity index (χ1n) is 4.77. The number of benzene rings is 1. The van der Waals surface area contributed by atoms with Crippen LogP contribution in [0.2, 0.25) is 5.02 Å². The molecule has 9 heteroatoms. The lowest BCUT2D eigenvalue weighted by atomic mass is 10.3. The van der Waals surface area contributed by atoms with E-state index in [-0.39, 0.29) is 21.7 Å². The van der Waals surface area contributed by atoms with Gasteiger partial charge in [0.1, 0.15) is 4.90 Å². The number of nitrogens with two attached hydrogens (primary N) is 1. The van der Waals surface area contributed by atoms with Gasteiger partial charge in [-0.15, -0.1) is 0 Å². The third-order valence-electron chi connectivity index (χ3n) is 2.02. The summed E-state index contributed by atoms with van der Waals surface area (Å²) in [6.07, 6.45) is -0.897. The summed E-state index contributed by atoms with van der Waals surface area (Å²) in [5, 5.41) is 8.98. The normalized spacial score (nSPS) is 13.6. The van der Waals surface area contributed by atoms with Crippen molar-refractivity contribution in [2.75, 3.05) is 12.3 Å². The van der Waals surface area contributed by atoms with Crippen LogP contribution in [0.5, 0.6) is 0 Å². The fourth-order valence-corrected chi connectivity index (χ4v) is 2.90. The maximum atomic E-state index is 13.8. The number of anilines is 1. The zero-order valence-corrected chi connectivity index (χ0v) is 12.4. The van der Waals surface area contributed by atoms with Gasteiger partial charge in [0, 0.05) is 6.54 Å². The average molecular weight is 362 g/mol. The Balaban J connectivity index is 3.25. The number of sulfonamides is 1. The summed E-state index contributed by atoms with van der Waals surface area (Å²) in [6.45, 7) is 1.15. The highest BCUT2D eigenvalue weighted by Crippen LogP contribution is 2.34. The van der Waals surface area contributed by atoms with Crippen LogP contribution in [-0.4, -0.2) is 26.2 Å². The van der Waals surface area contributed by atoms with Crippen LogP contribution in [0.25, 0.3) is 0 Å². The van der Waals surface area contributed by atoms with Gasteiger partial charge in [0.25, 0.3) is 0 Å². The van der Waals surface area contributed by atoms with Crippen LogP contribution in [0.15, 0.2) is 15.4 Å². The number of hydrogen-bond donors (Lipinski definition) is 3. The molecule has 1 aromatic carbocycles. The Kier molecular flexibility index (Phi) is 4.96. The number of aliphatic hydroxyl groups is 1. The van der Waals surface area contributed by atoms with E-state index in [9.17, 15) is 12.8 Å². The second kappa shape index (κ2) is 5.70. The van der Waals surface area contributed by atoms with Gasteiger partial charge >= 0.3 is 0 Å². The van der Waals surface area contributed by atoms with Crippen LogP contribution in [0, 0.1) is 5.82 Å². The number of rotatable bonds is 4.